The van der Waals surface area contributed by atoms with E-state index in [4.69, 9.17) is 10.8 Å². The van der Waals surface area contributed by atoms with Crippen molar-refractivity contribution in [3.63, 3.8) is 0 Å². The molecule has 0 bridgehead atoms. The van der Waals surface area contributed by atoms with Crippen LogP contribution in [-0.4, -0.2) is 37.4 Å². The molecule has 9 heteroatoms. The van der Waals surface area contributed by atoms with Gasteiger partial charge in [-0.3, -0.25) is 4.72 Å². The van der Waals surface area contributed by atoms with Crippen molar-refractivity contribution in [2.24, 2.45) is 0 Å². The van der Waals surface area contributed by atoms with E-state index in [1.54, 1.807) is 6.92 Å². The molecule has 0 aliphatic carbocycles. The van der Waals surface area contributed by atoms with Crippen molar-refractivity contribution in [1.29, 1.82) is 0 Å². The van der Waals surface area contributed by atoms with Gasteiger partial charge in [0.25, 0.3) is 0 Å². The SMILES string of the molecule is CCN(C)S(=O)(=O)Nc1cc(F)cc(C(=O)O)c1N. The Kier molecular flexibility index (Phi) is 4.32. The van der Waals surface area contributed by atoms with Crippen molar-refractivity contribution in [2.45, 2.75) is 6.92 Å². The fourth-order valence-corrected chi connectivity index (χ4v) is 2.21. The smallest absolute Gasteiger partial charge is 0.337 e. The molecule has 0 heterocycles. The van der Waals surface area contributed by atoms with Crippen LogP contribution >= 0.6 is 0 Å². The highest BCUT2D eigenvalue weighted by atomic mass is 32.2. The molecule has 1 rings (SSSR count). The zero-order chi connectivity index (χ0) is 14.8. The third-order valence-corrected chi connectivity index (χ3v) is 4.03. The number of carboxylic acid groups (broad SMARTS) is 1. The number of nitrogen functional groups attached to an aromatic ring is 1. The number of halogens is 1. The summed E-state index contributed by atoms with van der Waals surface area (Å²) in [5.41, 5.74) is 4.35. The molecule has 0 unspecified atom stereocenters. The molecule has 0 saturated carbocycles. The minimum atomic E-state index is -3.90. The lowest BCUT2D eigenvalue weighted by molar-refractivity contribution is 0.0697. The summed E-state index contributed by atoms with van der Waals surface area (Å²) in [5.74, 6) is -2.34. The first-order valence-corrected chi connectivity index (χ1v) is 6.69. The Morgan fingerprint density at radius 1 is 1.53 bits per heavy atom. The van der Waals surface area contributed by atoms with Gasteiger partial charge in [-0.05, 0) is 6.07 Å². The molecule has 0 aliphatic heterocycles. The monoisotopic (exact) mass is 291 g/mol. The largest absolute Gasteiger partial charge is 0.478 e. The highest BCUT2D eigenvalue weighted by Crippen LogP contribution is 2.26. The summed E-state index contributed by atoms with van der Waals surface area (Å²) in [6.07, 6.45) is 0. The molecule has 0 radical (unpaired) electrons. The Morgan fingerprint density at radius 2 is 2.11 bits per heavy atom. The summed E-state index contributed by atoms with van der Waals surface area (Å²) in [6.45, 7) is 1.80. The molecule has 0 amide bonds. The second-order valence-electron chi connectivity index (χ2n) is 3.74. The first kappa shape index (κ1) is 15.2. The Hall–Kier alpha value is -1.87. The second-order valence-corrected chi connectivity index (χ2v) is 5.52. The van der Waals surface area contributed by atoms with Crippen LogP contribution in [0.15, 0.2) is 12.1 Å². The van der Waals surface area contributed by atoms with Crippen molar-refractivity contribution < 1.29 is 22.7 Å². The quantitative estimate of drug-likeness (QED) is 0.692. The van der Waals surface area contributed by atoms with E-state index in [0.29, 0.717) is 0 Å². The lowest BCUT2D eigenvalue weighted by atomic mass is 10.1. The molecular weight excluding hydrogens is 277 g/mol. The summed E-state index contributed by atoms with van der Waals surface area (Å²) in [5, 5.41) is 8.83. The number of rotatable bonds is 5. The Balaban J connectivity index is 3.26. The number of benzene rings is 1. The van der Waals surface area contributed by atoms with E-state index in [0.717, 1.165) is 16.4 Å². The number of nitrogens with zero attached hydrogens (tertiary/aromatic N) is 1. The van der Waals surface area contributed by atoms with E-state index < -0.39 is 27.6 Å². The van der Waals surface area contributed by atoms with Gasteiger partial charge in [-0.15, -0.1) is 0 Å². The minimum absolute atomic E-state index is 0.191. The lowest BCUT2D eigenvalue weighted by Gasteiger charge is -2.18. The van der Waals surface area contributed by atoms with Crippen LogP contribution in [0.3, 0.4) is 0 Å². The number of hydrogen-bond acceptors (Lipinski definition) is 4. The molecule has 0 fully saturated rings. The van der Waals surface area contributed by atoms with Crippen LogP contribution in [0.1, 0.15) is 17.3 Å². The van der Waals surface area contributed by atoms with Crippen molar-refractivity contribution in [3.8, 4) is 0 Å². The normalized spacial score (nSPS) is 11.6. The lowest BCUT2D eigenvalue weighted by Crippen LogP contribution is -2.32. The molecule has 0 atom stereocenters. The van der Waals surface area contributed by atoms with Crippen LogP contribution in [0, 0.1) is 5.82 Å². The first-order valence-electron chi connectivity index (χ1n) is 5.25. The zero-order valence-corrected chi connectivity index (χ0v) is 11.2. The fourth-order valence-electron chi connectivity index (χ4n) is 1.27. The number of nitrogens with two attached hydrogens (primary N) is 1. The number of aromatic carboxylic acids is 1. The average Bonchev–Trinajstić information content (AvgIpc) is 2.31. The maximum Gasteiger partial charge on any atom is 0.337 e. The maximum absolute atomic E-state index is 13.3. The van der Waals surface area contributed by atoms with Gasteiger partial charge in [0.05, 0.1) is 16.9 Å². The van der Waals surface area contributed by atoms with Crippen molar-refractivity contribution in [3.05, 3.63) is 23.5 Å². The third kappa shape index (κ3) is 3.32. The second kappa shape index (κ2) is 5.41. The molecule has 0 spiro atoms. The number of nitrogens with one attached hydrogen (secondary N) is 1. The van der Waals surface area contributed by atoms with Crippen LogP contribution in [0.2, 0.25) is 0 Å². The molecule has 4 N–H and O–H groups in total. The fraction of sp³-hybridized carbons (Fsp3) is 0.300. The summed E-state index contributed by atoms with van der Waals surface area (Å²) in [7, 11) is -2.59. The van der Waals surface area contributed by atoms with Gasteiger partial charge in [-0.1, -0.05) is 6.92 Å². The van der Waals surface area contributed by atoms with E-state index >= 15 is 0 Å². The van der Waals surface area contributed by atoms with E-state index in [2.05, 4.69) is 0 Å². The molecule has 19 heavy (non-hydrogen) atoms. The van der Waals surface area contributed by atoms with E-state index in [1.807, 2.05) is 4.72 Å². The Bertz CT molecular complexity index is 603. The summed E-state index contributed by atoms with van der Waals surface area (Å²) < 4.78 is 39.8. The number of carboxylic acids is 1. The topological polar surface area (TPSA) is 113 Å². The van der Waals surface area contributed by atoms with Gasteiger partial charge in [0.1, 0.15) is 5.82 Å². The predicted molar refractivity (Wildman–Crippen MR) is 68.6 cm³/mol. The summed E-state index contributed by atoms with van der Waals surface area (Å²) in [6, 6.07) is 1.54. The molecule has 0 aromatic heterocycles. The summed E-state index contributed by atoms with van der Waals surface area (Å²) in [4.78, 5) is 10.8. The molecular formula is C10H14FN3O4S. The molecule has 1 aromatic carbocycles. The number of carbonyl (C=O) groups is 1. The van der Waals surface area contributed by atoms with E-state index in [1.165, 1.54) is 7.05 Å². The molecule has 1 aromatic rings. The van der Waals surface area contributed by atoms with Gasteiger partial charge in [-0.25, -0.2) is 9.18 Å². The Labute approximate surface area is 110 Å². The first-order chi connectivity index (χ1) is 8.69. The minimum Gasteiger partial charge on any atom is -0.478 e. The molecule has 0 saturated heterocycles. The van der Waals surface area contributed by atoms with Crippen LogP contribution in [0.25, 0.3) is 0 Å². The van der Waals surface area contributed by atoms with Crippen LogP contribution in [0.5, 0.6) is 0 Å². The Morgan fingerprint density at radius 3 is 2.58 bits per heavy atom. The van der Waals surface area contributed by atoms with E-state index in [-0.39, 0.29) is 17.9 Å². The number of anilines is 2. The third-order valence-electron chi connectivity index (χ3n) is 2.47. The van der Waals surface area contributed by atoms with Gasteiger partial charge < -0.3 is 10.8 Å². The molecule has 7 nitrogen and oxygen atoms in total. The van der Waals surface area contributed by atoms with Gasteiger partial charge >= 0.3 is 16.2 Å². The van der Waals surface area contributed by atoms with Crippen molar-refractivity contribution in [1.82, 2.24) is 4.31 Å². The van der Waals surface area contributed by atoms with Crippen molar-refractivity contribution in [2.75, 3.05) is 24.0 Å². The highest BCUT2D eigenvalue weighted by Gasteiger charge is 2.20. The van der Waals surface area contributed by atoms with Gasteiger partial charge in [-0.2, -0.15) is 12.7 Å². The van der Waals surface area contributed by atoms with E-state index in [9.17, 15) is 17.6 Å². The van der Waals surface area contributed by atoms with Gasteiger partial charge in [0.2, 0.25) is 0 Å². The van der Waals surface area contributed by atoms with Gasteiger partial charge in [0, 0.05) is 19.7 Å². The average molecular weight is 291 g/mol. The maximum atomic E-state index is 13.3. The van der Waals surface area contributed by atoms with Crippen LogP contribution in [0.4, 0.5) is 15.8 Å². The molecule has 106 valence electrons. The predicted octanol–water partition coefficient (Wildman–Crippen LogP) is 0.714. The number of hydrogen-bond donors (Lipinski definition) is 3. The summed E-state index contributed by atoms with van der Waals surface area (Å²) >= 11 is 0. The molecule has 0 aliphatic rings. The van der Waals surface area contributed by atoms with Crippen LogP contribution in [-0.2, 0) is 10.2 Å². The van der Waals surface area contributed by atoms with Crippen molar-refractivity contribution >= 4 is 27.6 Å². The van der Waals surface area contributed by atoms with Gasteiger partial charge in [0.15, 0.2) is 0 Å². The standard InChI is InChI=1S/C10H14FN3O4S/c1-3-14(2)19(17,18)13-8-5-6(11)4-7(9(8)12)10(15)16/h4-5,13H,3,12H2,1-2H3,(H,15,16). The zero-order valence-electron chi connectivity index (χ0n) is 10.3. The van der Waals surface area contributed by atoms with Crippen LogP contribution < -0.4 is 10.5 Å². The highest BCUT2D eigenvalue weighted by molar-refractivity contribution is 7.90.